The minimum absolute atomic E-state index is 0.395. The van der Waals surface area contributed by atoms with Crippen LogP contribution < -0.4 is 5.32 Å². The summed E-state index contributed by atoms with van der Waals surface area (Å²) in [7, 11) is 0. The molecule has 2 fully saturated rings. The number of hydrogen-bond acceptors (Lipinski definition) is 3. The van der Waals surface area contributed by atoms with E-state index in [1.807, 2.05) is 0 Å². The van der Waals surface area contributed by atoms with E-state index in [1.54, 1.807) is 0 Å². The zero-order valence-corrected chi connectivity index (χ0v) is 12.5. The van der Waals surface area contributed by atoms with Crippen molar-refractivity contribution in [2.75, 3.05) is 26.2 Å². The predicted molar refractivity (Wildman–Crippen MR) is 75.9 cm³/mol. The summed E-state index contributed by atoms with van der Waals surface area (Å²) in [5.74, 6) is 0. The summed E-state index contributed by atoms with van der Waals surface area (Å²) in [6.45, 7) is 13.5. The Morgan fingerprint density at radius 1 is 1.39 bits per heavy atom. The number of nitrogens with one attached hydrogen (secondary N) is 1. The van der Waals surface area contributed by atoms with Gasteiger partial charge in [0.2, 0.25) is 0 Å². The van der Waals surface area contributed by atoms with Crippen molar-refractivity contribution in [2.45, 2.75) is 65.1 Å². The highest BCUT2D eigenvalue weighted by Gasteiger charge is 2.38. The van der Waals surface area contributed by atoms with Crippen LogP contribution in [0.4, 0.5) is 0 Å². The first kappa shape index (κ1) is 14.3. The Labute approximate surface area is 112 Å². The first-order valence-electron chi connectivity index (χ1n) is 7.61. The van der Waals surface area contributed by atoms with Crippen LogP contribution >= 0.6 is 0 Å². The smallest absolute Gasteiger partial charge is 0.0674 e. The summed E-state index contributed by atoms with van der Waals surface area (Å²) < 4.78 is 5.68. The largest absolute Gasteiger partial charge is 0.376 e. The van der Waals surface area contributed by atoms with Crippen LogP contribution in [0.1, 0.15) is 47.0 Å². The second kappa shape index (κ2) is 5.89. The van der Waals surface area contributed by atoms with E-state index >= 15 is 0 Å². The number of nitrogens with zero attached hydrogens (tertiary/aromatic N) is 1. The van der Waals surface area contributed by atoms with E-state index in [2.05, 4.69) is 37.9 Å². The lowest BCUT2D eigenvalue weighted by Gasteiger charge is -2.48. The zero-order chi connectivity index (χ0) is 13.2. The summed E-state index contributed by atoms with van der Waals surface area (Å²) >= 11 is 0. The molecule has 0 aromatic rings. The third-order valence-corrected chi connectivity index (χ3v) is 4.57. The molecule has 1 saturated carbocycles. The summed E-state index contributed by atoms with van der Waals surface area (Å²) in [5, 5.41) is 3.70. The summed E-state index contributed by atoms with van der Waals surface area (Å²) in [6.07, 6.45) is 4.38. The Balaban J connectivity index is 2.03. The van der Waals surface area contributed by atoms with Crippen molar-refractivity contribution in [3.63, 3.8) is 0 Å². The van der Waals surface area contributed by atoms with Gasteiger partial charge in [-0.2, -0.15) is 0 Å². The molecule has 0 aromatic heterocycles. The third kappa shape index (κ3) is 3.46. The Morgan fingerprint density at radius 2 is 2.17 bits per heavy atom. The fourth-order valence-corrected chi connectivity index (χ4v) is 3.58. The van der Waals surface area contributed by atoms with Crippen LogP contribution in [-0.2, 0) is 4.74 Å². The van der Waals surface area contributed by atoms with Crippen LogP contribution in [0.5, 0.6) is 0 Å². The molecule has 1 saturated heterocycles. The molecular weight excluding hydrogens is 224 g/mol. The Hall–Kier alpha value is -0.120. The molecule has 1 aliphatic carbocycles. The molecule has 3 nitrogen and oxygen atoms in total. The van der Waals surface area contributed by atoms with E-state index in [1.165, 1.54) is 19.3 Å². The lowest BCUT2D eigenvalue weighted by atomic mass is 9.72. The molecule has 0 radical (unpaired) electrons. The molecule has 0 amide bonds. The molecule has 3 atom stereocenters. The van der Waals surface area contributed by atoms with E-state index in [0.29, 0.717) is 23.6 Å². The first-order valence-corrected chi connectivity index (χ1v) is 7.61. The highest BCUT2D eigenvalue weighted by molar-refractivity contribution is 4.95. The lowest BCUT2D eigenvalue weighted by molar-refractivity contribution is -0.0546. The van der Waals surface area contributed by atoms with Crippen molar-refractivity contribution >= 4 is 0 Å². The lowest BCUT2D eigenvalue weighted by Crippen LogP contribution is -2.58. The van der Waals surface area contributed by atoms with E-state index in [-0.39, 0.29) is 0 Å². The van der Waals surface area contributed by atoms with Crippen molar-refractivity contribution in [1.29, 1.82) is 0 Å². The molecular formula is C15H30N2O. The topological polar surface area (TPSA) is 24.5 Å². The molecule has 3 unspecified atom stereocenters. The average Bonchev–Trinajstić information content (AvgIpc) is 2.31. The van der Waals surface area contributed by atoms with Crippen molar-refractivity contribution in [1.82, 2.24) is 10.2 Å². The van der Waals surface area contributed by atoms with Gasteiger partial charge in [0.1, 0.15) is 0 Å². The third-order valence-electron chi connectivity index (χ3n) is 4.57. The Bertz CT molecular complexity index is 267. The average molecular weight is 254 g/mol. The molecule has 1 N–H and O–H groups in total. The van der Waals surface area contributed by atoms with E-state index in [4.69, 9.17) is 4.74 Å². The molecule has 0 aromatic carbocycles. The normalized spacial score (nSPS) is 37.7. The van der Waals surface area contributed by atoms with Crippen molar-refractivity contribution in [3.8, 4) is 0 Å². The second-order valence-corrected chi connectivity index (χ2v) is 6.81. The van der Waals surface area contributed by atoms with Crippen LogP contribution in [0.3, 0.4) is 0 Å². The van der Waals surface area contributed by atoms with Gasteiger partial charge < -0.3 is 10.1 Å². The maximum absolute atomic E-state index is 5.68. The maximum Gasteiger partial charge on any atom is 0.0674 e. The molecule has 106 valence electrons. The predicted octanol–water partition coefficient (Wildman–Crippen LogP) is 2.26. The van der Waals surface area contributed by atoms with Crippen LogP contribution in [-0.4, -0.2) is 49.3 Å². The number of hydrogen-bond donors (Lipinski definition) is 1. The molecule has 0 spiro atoms. The summed E-state index contributed by atoms with van der Waals surface area (Å²) in [5.41, 5.74) is 0.498. The molecule has 3 heteroatoms. The van der Waals surface area contributed by atoms with Crippen LogP contribution in [0.15, 0.2) is 0 Å². The van der Waals surface area contributed by atoms with Gasteiger partial charge in [0, 0.05) is 25.2 Å². The van der Waals surface area contributed by atoms with Gasteiger partial charge in [-0.05, 0) is 38.1 Å². The monoisotopic (exact) mass is 254 g/mol. The number of morpholine rings is 1. The van der Waals surface area contributed by atoms with Gasteiger partial charge in [0.05, 0.1) is 12.7 Å². The van der Waals surface area contributed by atoms with Crippen LogP contribution in [0.2, 0.25) is 0 Å². The van der Waals surface area contributed by atoms with Gasteiger partial charge in [-0.25, -0.2) is 0 Å². The van der Waals surface area contributed by atoms with Crippen molar-refractivity contribution in [2.24, 2.45) is 5.41 Å². The van der Waals surface area contributed by atoms with Gasteiger partial charge >= 0.3 is 0 Å². The Kier molecular flexibility index (Phi) is 4.68. The van der Waals surface area contributed by atoms with Gasteiger partial charge in [0.25, 0.3) is 0 Å². The fourth-order valence-electron chi connectivity index (χ4n) is 3.58. The fraction of sp³-hybridized carbons (Fsp3) is 1.00. The number of rotatable bonds is 3. The van der Waals surface area contributed by atoms with E-state index in [9.17, 15) is 0 Å². The minimum atomic E-state index is 0.395. The van der Waals surface area contributed by atoms with Gasteiger partial charge in [0.15, 0.2) is 0 Å². The number of likely N-dealkylation sites (N-methyl/N-ethyl adjacent to an activating group) is 1. The van der Waals surface area contributed by atoms with Gasteiger partial charge in [-0.1, -0.05) is 20.8 Å². The molecule has 2 aliphatic rings. The second-order valence-electron chi connectivity index (χ2n) is 6.81. The van der Waals surface area contributed by atoms with E-state index in [0.717, 1.165) is 26.2 Å². The molecule has 1 heterocycles. The molecule has 18 heavy (non-hydrogen) atoms. The van der Waals surface area contributed by atoms with Crippen LogP contribution in [0, 0.1) is 5.41 Å². The first-order chi connectivity index (χ1) is 8.52. The van der Waals surface area contributed by atoms with E-state index < -0.39 is 0 Å². The minimum Gasteiger partial charge on any atom is -0.376 e. The molecule has 0 bridgehead atoms. The van der Waals surface area contributed by atoms with Crippen LogP contribution in [0.25, 0.3) is 0 Å². The quantitative estimate of drug-likeness (QED) is 0.836. The van der Waals surface area contributed by atoms with Gasteiger partial charge in [-0.3, -0.25) is 4.90 Å². The number of ether oxygens (including phenoxy) is 1. The van der Waals surface area contributed by atoms with Crippen molar-refractivity contribution in [3.05, 3.63) is 0 Å². The zero-order valence-electron chi connectivity index (χ0n) is 12.5. The summed E-state index contributed by atoms with van der Waals surface area (Å²) in [4.78, 5) is 2.67. The highest BCUT2D eigenvalue weighted by atomic mass is 16.5. The SMILES string of the molecule is CCNC1CCC(C)(C)CC1N1CCOC(C)C1. The standard InChI is InChI=1S/C15H30N2O/c1-5-16-13-6-7-15(3,4)10-14(13)17-8-9-18-12(2)11-17/h12-14,16H,5-11H2,1-4H3. The van der Waals surface area contributed by atoms with Gasteiger partial charge in [-0.15, -0.1) is 0 Å². The maximum atomic E-state index is 5.68. The molecule has 1 aliphatic heterocycles. The van der Waals surface area contributed by atoms with Crippen molar-refractivity contribution < 1.29 is 4.74 Å². The molecule has 2 rings (SSSR count). The highest BCUT2D eigenvalue weighted by Crippen LogP contribution is 2.37. The summed E-state index contributed by atoms with van der Waals surface area (Å²) in [6, 6.07) is 1.37. The Morgan fingerprint density at radius 3 is 2.83 bits per heavy atom.